The van der Waals surface area contributed by atoms with Crippen molar-refractivity contribution in [1.29, 1.82) is 0 Å². The number of aromatic nitrogens is 4. The normalized spacial score (nSPS) is 11.4. The molecule has 204 valence electrons. The fraction of sp³-hybridized carbons (Fsp3) is 0.226. The van der Waals surface area contributed by atoms with Crippen molar-refractivity contribution in [2.24, 2.45) is 0 Å². The van der Waals surface area contributed by atoms with E-state index in [-0.39, 0.29) is 17.6 Å². The number of benzene rings is 2. The number of pyridine rings is 2. The van der Waals surface area contributed by atoms with Crippen molar-refractivity contribution in [3.63, 3.8) is 0 Å². The van der Waals surface area contributed by atoms with Gasteiger partial charge in [-0.2, -0.15) is 5.10 Å². The Balaban J connectivity index is 1.30. The van der Waals surface area contributed by atoms with Gasteiger partial charge in [0.2, 0.25) is 0 Å². The van der Waals surface area contributed by atoms with Gasteiger partial charge in [-0.15, -0.1) is 0 Å². The van der Waals surface area contributed by atoms with Crippen molar-refractivity contribution < 1.29 is 9.53 Å². The van der Waals surface area contributed by atoms with E-state index < -0.39 is 0 Å². The number of anilines is 3. The maximum atomic E-state index is 13.0. The molecule has 9 nitrogen and oxygen atoms in total. The highest BCUT2D eigenvalue weighted by molar-refractivity contribution is 6.02. The van der Waals surface area contributed by atoms with Gasteiger partial charge in [0.25, 0.3) is 0 Å². The number of nitrogens with one attached hydrogen (secondary N) is 3. The molecule has 0 aliphatic heterocycles. The topological polar surface area (TPSA) is 106 Å². The van der Waals surface area contributed by atoms with Crippen molar-refractivity contribution in [3.05, 3.63) is 85.5 Å². The third-order valence-electron chi connectivity index (χ3n) is 6.08. The van der Waals surface area contributed by atoms with E-state index >= 15 is 0 Å². The molecule has 3 heterocycles. The molecule has 40 heavy (non-hydrogen) atoms. The first-order valence-corrected chi connectivity index (χ1v) is 13.2. The number of rotatable bonds is 7. The van der Waals surface area contributed by atoms with Crippen molar-refractivity contribution in [2.75, 3.05) is 16.0 Å². The third kappa shape index (κ3) is 6.37. The summed E-state index contributed by atoms with van der Waals surface area (Å²) in [7, 11) is 0. The van der Waals surface area contributed by atoms with Gasteiger partial charge >= 0.3 is 6.03 Å². The van der Waals surface area contributed by atoms with Gasteiger partial charge in [-0.05, 0) is 82.5 Å². The minimum atomic E-state index is -0.369. The number of hydrogen-bond acceptors (Lipinski definition) is 6. The lowest BCUT2D eigenvalue weighted by molar-refractivity contribution is 0.262. The zero-order chi connectivity index (χ0) is 28.3. The summed E-state index contributed by atoms with van der Waals surface area (Å²) in [5.41, 5.74) is 2.58. The molecular weight excluding hydrogens is 502 g/mol. The number of nitrogens with zero attached hydrogens (tertiary/aromatic N) is 4. The monoisotopic (exact) mass is 535 g/mol. The van der Waals surface area contributed by atoms with E-state index in [9.17, 15) is 4.79 Å². The maximum absolute atomic E-state index is 13.0. The number of amides is 2. The van der Waals surface area contributed by atoms with Crippen LogP contribution in [0.25, 0.3) is 22.0 Å². The molecule has 3 aromatic heterocycles. The molecule has 0 aliphatic carbocycles. The first kappa shape index (κ1) is 26.7. The first-order valence-electron chi connectivity index (χ1n) is 13.2. The summed E-state index contributed by atoms with van der Waals surface area (Å²) >= 11 is 0. The molecule has 0 saturated heterocycles. The Labute approximate surface area is 233 Å². The minimum absolute atomic E-state index is 0.262. The smallest absolute Gasteiger partial charge is 0.323 e. The molecule has 3 N–H and O–H groups in total. The lowest BCUT2D eigenvalue weighted by atomic mass is 10.1. The van der Waals surface area contributed by atoms with E-state index in [0.29, 0.717) is 28.6 Å². The molecule has 2 aromatic carbocycles. The van der Waals surface area contributed by atoms with E-state index in [1.807, 2.05) is 41.3 Å². The van der Waals surface area contributed by atoms with Crippen LogP contribution in [0.2, 0.25) is 0 Å². The molecule has 0 atom stereocenters. The van der Waals surface area contributed by atoms with E-state index in [4.69, 9.17) is 9.84 Å². The van der Waals surface area contributed by atoms with Gasteiger partial charge in [0.15, 0.2) is 0 Å². The summed E-state index contributed by atoms with van der Waals surface area (Å²) in [4.78, 5) is 21.5. The van der Waals surface area contributed by atoms with Crippen molar-refractivity contribution >= 4 is 34.0 Å². The molecule has 0 aliphatic rings. The summed E-state index contributed by atoms with van der Waals surface area (Å²) in [6.07, 6.45) is 7.15. The predicted octanol–water partition coefficient (Wildman–Crippen LogP) is 7.50. The van der Waals surface area contributed by atoms with Crippen LogP contribution in [0.15, 0.2) is 85.5 Å². The highest BCUT2D eigenvalue weighted by Crippen LogP contribution is 2.31. The average Bonchev–Trinajstić information content (AvgIpc) is 3.34. The van der Waals surface area contributed by atoms with E-state index in [2.05, 4.69) is 66.6 Å². The molecule has 5 aromatic rings. The van der Waals surface area contributed by atoms with Gasteiger partial charge in [0.1, 0.15) is 23.0 Å². The molecule has 0 bridgehead atoms. The summed E-state index contributed by atoms with van der Waals surface area (Å²) in [6, 6.07) is 18.8. The summed E-state index contributed by atoms with van der Waals surface area (Å²) in [5.74, 6) is 2.06. The lowest BCUT2D eigenvalue weighted by Gasteiger charge is -2.18. The first-order chi connectivity index (χ1) is 19.1. The second kappa shape index (κ2) is 11.1. The molecule has 0 radical (unpaired) electrons. The largest absolute Gasteiger partial charge is 0.457 e. The highest BCUT2D eigenvalue weighted by Gasteiger charge is 2.20. The van der Waals surface area contributed by atoms with Crippen LogP contribution in [-0.4, -0.2) is 31.8 Å². The van der Waals surface area contributed by atoms with Crippen LogP contribution in [0.3, 0.4) is 0 Å². The zero-order valence-corrected chi connectivity index (χ0v) is 23.3. The molecule has 0 fully saturated rings. The van der Waals surface area contributed by atoms with Crippen LogP contribution in [0.5, 0.6) is 11.5 Å². The Bertz CT molecular complexity index is 1640. The van der Waals surface area contributed by atoms with Crippen LogP contribution >= 0.6 is 0 Å². The number of urea groups is 1. The van der Waals surface area contributed by atoms with Gasteiger partial charge in [-0.25, -0.2) is 9.78 Å². The van der Waals surface area contributed by atoms with Gasteiger partial charge in [0, 0.05) is 53.5 Å². The number of carbonyl (C=O) groups is 1. The molecule has 5 rings (SSSR count). The Hall–Kier alpha value is -4.92. The second-order valence-electron chi connectivity index (χ2n) is 10.8. The Kier molecular flexibility index (Phi) is 7.37. The number of hydrogen-bond donors (Lipinski definition) is 3. The van der Waals surface area contributed by atoms with E-state index in [0.717, 1.165) is 22.2 Å². The number of ether oxygens (including phenoxy) is 1. The molecule has 0 spiro atoms. The van der Waals surface area contributed by atoms with Crippen LogP contribution in [0.4, 0.5) is 22.0 Å². The van der Waals surface area contributed by atoms with Crippen molar-refractivity contribution in [2.45, 2.75) is 46.2 Å². The SMILES string of the molecule is CC(C)Nc1cc(Oc2ccc(NC(=O)Nc3cn(C(C)(C)C)nc3-c3ccc4cnccc4c3)cc2)ccn1. The average molecular weight is 536 g/mol. The zero-order valence-electron chi connectivity index (χ0n) is 23.3. The minimum Gasteiger partial charge on any atom is -0.457 e. The van der Waals surface area contributed by atoms with Crippen molar-refractivity contribution in [3.8, 4) is 22.8 Å². The van der Waals surface area contributed by atoms with Crippen molar-refractivity contribution in [1.82, 2.24) is 19.7 Å². The number of fused-ring (bicyclic) bond motifs is 1. The quantitative estimate of drug-likeness (QED) is 0.199. The van der Waals surface area contributed by atoms with E-state index in [1.54, 1.807) is 42.7 Å². The van der Waals surface area contributed by atoms with Crippen LogP contribution < -0.4 is 20.7 Å². The van der Waals surface area contributed by atoms with Gasteiger partial charge < -0.3 is 20.7 Å². The van der Waals surface area contributed by atoms with Crippen LogP contribution in [-0.2, 0) is 5.54 Å². The van der Waals surface area contributed by atoms with Gasteiger partial charge in [0.05, 0.1) is 11.2 Å². The lowest BCUT2D eigenvalue weighted by Crippen LogP contribution is -2.22. The standard InChI is InChI=1S/C31H33N7O2/c1-20(2)34-28-17-26(13-15-33-28)40-25-10-8-24(9-11-25)35-30(39)36-27-19-38(31(3,4)5)37-29(27)22-6-7-23-18-32-14-12-21(23)16-22/h6-20H,1-5H3,(H,33,34)(H2,35,36,39). The maximum Gasteiger partial charge on any atom is 0.323 e. The van der Waals surface area contributed by atoms with Crippen LogP contribution in [0, 0.1) is 0 Å². The molecule has 9 heteroatoms. The molecule has 2 amide bonds. The molecule has 0 unspecified atom stereocenters. The Morgan fingerprint density at radius 2 is 1.70 bits per heavy atom. The molecular formula is C31H33N7O2. The Morgan fingerprint density at radius 1 is 0.900 bits per heavy atom. The fourth-order valence-electron chi connectivity index (χ4n) is 4.13. The van der Waals surface area contributed by atoms with Gasteiger partial charge in [-0.1, -0.05) is 12.1 Å². The molecule has 0 saturated carbocycles. The van der Waals surface area contributed by atoms with Gasteiger partial charge in [-0.3, -0.25) is 9.67 Å². The summed E-state index contributed by atoms with van der Waals surface area (Å²) in [5, 5.41) is 16.1. The summed E-state index contributed by atoms with van der Waals surface area (Å²) < 4.78 is 7.83. The van der Waals surface area contributed by atoms with Crippen LogP contribution in [0.1, 0.15) is 34.6 Å². The third-order valence-corrected chi connectivity index (χ3v) is 6.08. The predicted molar refractivity (Wildman–Crippen MR) is 160 cm³/mol. The second-order valence-corrected chi connectivity index (χ2v) is 10.8. The summed E-state index contributed by atoms with van der Waals surface area (Å²) in [6.45, 7) is 10.3. The fourth-order valence-corrected chi connectivity index (χ4v) is 4.13. The number of carbonyl (C=O) groups excluding carboxylic acids is 1. The highest BCUT2D eigenvalue weighted by atomic mass is 16.5. The Morgan fingerprint density at radius 3 is 2.45 bits per heavy atom. The van der Waals surface area contributed by atoms with E-state index in [1.165, 1.54) is 0 Å².